The van der Waals surface area contributed by atoms with Gasteiger partial charge in [0.15, 0.2) is 0 Å². The minimum atomic E-state index is -0.244. The molecule has 1 aromatic carbocycles. The van der Waals surface area contributed by atoms with Gasteiger partial charge in [-0.3, -0.25) is 16.0 Å². The molecule has 0 fully saturated rings. The highest BCUT2D eigenvalue weighted by Gasteiger charge is 2.15. The van der Waals surface area contributed by atoms with E-state index in [4.69, 9.17) is 5.84 Å². The lowest BCUT2D eigenvalue weighted by molar-refractivity contribution is 0.540. The average molecular weight is 249 g/mol. The van der Waals surface area contributed by atoms with Crippen molar-refractivity contribution in [2.24, 2.45) is 12.9 Å². The molecule has 0 saturated carbocycles. The number of nitrogens with zero attached hydrogens (tertiary/aromatic N) is 3. The number of benzene rings is 1. The largest absolute Gasteiger partial charge is 0.271 e. The van der Waals surface area contributed by atoms with Crippen molar-refractivity contribution in [3.8, 4) is 0 Å². The summed E-state index contributed by atoms with van der Waals surface area (Å²) in [6.45, 7) is 1.86. The smallest absolute Gasteiger partial charge is 0.123 e. The quantitative estimate of drug-likeness (QED) is 0.627. The molecule has 1 heterocycles. The van der Waals surface area contributed by atoms with E-state index >= 15 is 0 Å². The second kappa shape index (κ2) is 5.24. The molecular weight excluding hydrogens is 233 g/mol. The Kier molecular flexibility index (Phi) is 3.69. The van der Waals surface area contributed by atoms with E-state index in [2.05, 4.69) is 15.7 Å². The molecule has 1 atom stereocenters. The maximum atomic E-state index is 13.1. The van der Waals surface area contributed by atoms with Gasteiger partial charge in [0.25, 0.3) is 0 Å². The van der Waals surface area contributed by atoms with E-state index in [9.17, 15) is 4.39 Å². The molecule has 0 spiro atoms. The highest BCUT2D eigenvalue weighted by atomic mass is 19.1. The lowest BCUT2D eigenvalue weighted by atomic mass is 9.98. The zero-order valence-electron chi connectivity index (χ0n) is 10.4. The molecule has 0 aliphatic heterocycles. The standard InChI is InChI=1S/C12H16FN5/c1-8-5-9(13)3-4-11(8)12(15-14)6-10-7-18(2)17-16-10/h3-5,7,12,15H,6,14H2,1-2H3. The summed E-state index contributed by atoms with van der Waals surface area (Å²) < 4.78 is 14.7. The fraction of sp³-hybridized carbons (Fsp3) is 0.333. The Hall–Kier alpha value is -1.79. The Morgan fingerprint density at radius 2 is 2.28 bits per heavy atom. The molecule has 2 aromatic rings. The van der Waals surface area contributed by atoms with Gasteiger partial charge in [0.1, 0.15) is 5.82 Å². The number of aryl methyl sites for hydroxylation is 2. The monoisotopic (exact) mass is 249 g/mol. The van der Waals surface area contributed by atoms with Crippen LogP contribution in [0.1, 0.15) is 22.9 Å². The molecule has 0 amide bonds. The van der Waals surface area contributed by atoms with E-state index < -0.39 is 0 Å². The first-order chi connectivity index (χ1) is 8.60. The van der Waals surface area contributed by atoms with Crippen LogP contribution in [-0.2, 0) is 13.5 Å². The second-order valence-electron chi connectivity index (χ2n) is 4.31. The number of nitrogens with one attached hydrogen (secondary N) is 1. The molecule has 1 aromatic heterocycles. The Bertz CT molecular complexity index is 537. The average Bonchev–Trinajstić information content (AvgIpc) is 2.72. The van der Waals surface area contributed by atoms with Gasteiger partial charge in [-0.25, -0.2) is 4.39 Å². The Labute approximate surface area is 105 Å². The minimum Gasteiger partial charge on any atom is -0.271 e. The molecule has 0 radical (unpaired) electrons. The van der Waals surface area contributed by atoms with Gasteiger partial charge in [0.05, 0.1) is 11.7 Å². The Morgan fingerprint density at radius 3 is 2.83 bits per heavy atom. The number of hydrogen-bond acceptors (Lipinski definition) is 4. The predicted octanol–water partition coefficient (Wildman–Crippen LogP) is 1.01. The molecule has 3 N–H and O–H groups in total. The first-order valence-electron chi connectivity index (χ1n) is 5.67. The summed E-state index contributed by atoms with van der Waals surface area (Å²) in [5.74, 6) is 5.32. The van der Waals surface area contributed by atoms with E-state index in [-0.39, 0.29) is 11.9 Å². The van der Waals surface area contributed by atoms with Crippen molar-refractivity contribution in [2.45, 2.75) is 19.4 Å². The third kappa shape index (κ3) is 2.72. The van der Waals surface area contributed by atoms with Crippen LogP contribution in [0.4, 0.5) is 4.39 Å². The zero-order valence-corrected chi connectivity index (χ0v) is 10.4. The molecule has 0 bridgehead atoms. The van der Waals surface area contributed by atoms with Crippen molar-refractivity contribution < 1.29 is 4.39 Å². The van der Waals surface area contributed by atoms with Gasteiger partial charge in [0, 0.05) is 19.7 Å². The highest BCUT2D eigenvalue weighted by Crippen LogP contribution is 2.21. The summed E-state index contributed by atoms with van der Waals surface area (Å²) in [6.07, 6.45) is 2.44. The third-order valence-electron chi connectivity index (χ3n) is 2.87. The number of rotatable bonds is 4. The normalized spacial score (nSPS) is 12.7. The van der Waals surface area contributed by atoms with Crippen LogP contribution in [0.25, 0.3) is 0 Å². The van der Waals surface area contributed by atoms with Crippen molar-refractivity contribution in [1.29, 1.82) is 0 Å². The van der Waals surface area contributed by atoms with Gasteiger partial charge >= 0.3 is 0 Å². The maximum Gasteiger partial charge on any atom is 0.123 e. The van der Waals surface area contributed by atoms with Crippen molar-refractivity contribution in [3.63, 3.8) is 0 Å². The van der Waals surface area contributed by atoms with Crippen molar-refractivity contribution in [3.05, 3.63) is 47.0 Å². The molecule has 1 unspecified atom stereocenters. The molecular formula is C12H16FN5. The van der Waals surface area contributed by atoms with Crippen LogP contribution >= 0.6 is 0 Å². The topological polar surface area (TPSA) is 68.8 Å². The van der Waals surface area contributed by atoms with Gasteiger partial charge < -0.3 is 0 Å². The van der Waals surface area contributed by atoms with Crippen LogP contribution in [0.2, 0.25) is 0 Å². The molecule has 0 aliphatic carbocycles. The number of hydrogen-bond donors (Lipinski definition) is 2. The van der Waals surface area contributed by atoms with Crippen LogP contribution in [-0.4, -0.2) is 15.0 Å². The molecule has 96 valence electrons. The fourth-order valence-corrected chi connectivity index (χ4v) is 1.99. The SMILES string of the molecule is Cc1cc(F)ccc1C(Cc1cn(C)nn1)NN. The lowest BCUT2D eigenvalue weighted by Crippen LogP contribution is -2.30. The van der Waals surface area contributed by atoms with Gasteiger partial charge in [-0.1, -0.05) is 11.3 Å². The first kappa shape index (κ1) is 12.7. The fourth-order valence-electron chi connectivity index (χ4n) is 1.99. The van der Waals surface area contributed by atoms with Gasteiger partial charge in [-0.05, 0) is 30.2 Å². The van der Waals surface area contributed by atoms with E-state index in [1.54, 1.807) is 10.7 Å². The van der Waals surface area contributed by atoms with Gasteiger partial charge in [-0.2, -0.15) is 0 Å². The molecule has 5 nitrogen and oxygen atoms in total. The second-order valence-corrected chi connectivity index (χ2v) is 4.31. The third-order valence-corrected chi connectivity index (χ3v) is 2.87. The summed E-state index contributed by atoms with van der Waals surface area (Å²) >= 11 is 0. The van der Waals surface area contributed by atoms with Gasteiger partial charge in [-0.15, -0.1) is 5.10 Å². The summed E-state index contributed by atoms with van der Waals surface area (Å²) in [6, 6.07) is 4.56. The van der Waals surface area contributed by atoms with Crippen molar-refractivity contribution in [1.82, 2.24) is 20.4 Å². The zero-order chi connectivity index (χ0) is 13.1. The number of aromatic nitrogens is 3. The molecule has 2 rings (SSSR count). The van der Waals surface area contributed by atoms with Crippen LogP contribution in [0.3, 0.4) is 0 Å². The lowest BCUT2D eigenvalue weighted by Gasteiger charge is -2.17. The van der Waals surface area contributed by atoms with Crippen molar-refractivity contribution >= 4 is 0 Å². The van der Waals surface area contributed by atoms with E-state index in [0.29, 0.717) is 6.42 Å². The summed E-state index contributed by atoms with van der Waals surface area (Å²) in [4.78, 5) is 0. The molecule has 0 saturated heterocycles. The van der Waals surface area contributed by atoms with Crippen molar-refractivity contribution in [2.75, 3.05) is 0 Å². The van der Waals surface area contributed by atoms with Crippen LogP contribution < -0.4 is 11.3 Å². The van der Waals surface area contributed by atoms with E-state index in [0.717, 1.165) is 16.8 Å². The van der Waals surface area contributed by atoms with E-state index in [1.165, 1.54) is 12.1 Å². The van der Waals surface area contributed by atoms with Crippen LogP contribution in [0.15, 0.2) is 24.4 Å². The summed E-state index contributed by atoms with van der Waals surface area (Å²) in [5.41, 5.74) is 5.40. The highest BCUT2D eigenvalue weighted by molar-refractivity contribution is 5.30. The molecule has 6 heteroatoms. The van der Waals surface area contributed by atoms with Gasteiger partial charge in [0.2, 0.25) is 0 Å². The maximum absolute atomic E-state index is 13.1. The first-order valence-corrected chi connectivity index (χ1v) is 5.67. The summed E-state index contributed by atoms with van der Waals surface area (Å²) in [5, 5.41) is 7.89. The minimum absolute atomic E-state index is 0.109. The Morgan fingerprint density at radius 1 is 1.50 bits per heavy atom. The van der Waals surface area contributed by atoms with E-state index in [1.807, 2.05) is 20.2 Å². The molecule has 0 aliphatic rings. The molecule has 18 heavy (non-hydrogen) atoms. The summed E-state index contributed by atoms with van der Waals surface area (Å²) in [7, 11) is 1.81. The predicted molar refractivity (Wildman–Crippen MR) is 65.9 cm³/mol. The van der Waals surface area contributed by atoms with Crippen LogP contribution in [0, 0.1) is 12.7 Å². The number of nitrogens with two attached hydrogens (primary N) is 1. The Balaban J connectivity index is 2.22. The number of hydrazine groups is 1. The van der Waals surface area contributed by atoms with Crippen LogP contribution in [0.5, 0.6) is 0 Å². The number of halogens is 1.